The van der Waals surface area contributed by atoms with Crippen molar-refractivity contribution >= 4 is 0 Å². The molecule has 0 rings (SSSR count). The minimum atomic E-state index is 0.778. The molecule has 0 aromatic carbocycles. The van der Waals surface area contributed by atoms with E-state index < -0.39 is 0 Å². The summed E-state index contributed by atoms with van der Waals surface area (Å²) in [6.07, 6.45) is 3.85. The molecule has 1 heteroatoms. The molecular weight excluding hydrogens is 170 g/mol. The molecule has 0 radical (unpaired) electrons. The smallest absolute Gasteiger partial charge is 0.0861 e. The van der Waals surface area contributed by atoms with Gasteiger partial charge in [-0.2, -0.15) is 0 Å². The third-order valence-electron chi connectivity index (χ3n) is 4.62. The molecule has 0 spiro atoms. The Morgan fingerprint density at radius 1 is 0.714 bits per heavy atom. The normalized spacial score (nSPS) is 22.5. The second-order valence-electron chi connectivity index (χ2n) is 4.99. The average molecular weight is 200 g/mol. The fourth-order valence-corrected chi connectivity index (χ4v) is 2.48. The predicted octanol–water partition coefficient (Wildman–Crippen LogP) is 3.83. The largest absolute Gasteiger partial charge is 0.319 e. The summed E-state index contributed by atoms with van der Waals surface area (Å²) >= 11 is 0. The second kappa shape index (κ2) is 5.75. The fourth-order valence-electron chi connectivity index (χ4n) is 2.48. The molecule has 0 fully saturated rings. The molecule has 0 saturated carbocycles. The Balaban J connectivity index is 4.83. The van der Waals surface area contributed by atoms with Gasteiger partial charge in [0.15, 0.2) is 0 Å². The van der Waals surface area contributed by atoms with Crippen molar-refractivity contribution in [2.75, 3.05) is 7.05 Å². The average Bonchev–Trinajstić information content (AvgIpc) is 2.24. The molecule has 3 atom stereocenters. The molecule has 0 bridgehead atoms. The van der Waals surface area contributed by atoms with E-state index in [9.17, 15) is 0 Å². The molecule has 0 aromatic rings. The van der Waals surface area contributed by atoms with Crippen molar-refractivity contribution < 1.29 is 4.48 Å². The Bertz CT molecular complexity index is 127. The van der Waals surface area contributed by atoms with Crippen LogP contribution >= 0.6 is 0 Å². The van der Waals surface area contributed by atoms with Crippen LogP contribution in [0.15, 0.2) is 0 Å². The Morgan fingerprint density at radius 3 is 1.07 bits per heavy atom. The van der Waals surface area contributed by atoms with Gasteiger partial charge in [0.05, 0.1) is 25.2 Å². The van der Waals surface area contributed by atoms with Crippen LogP contribution in [0.1, 0.15) is 60.8 Å². The number of quaternary nitrogens is 1. The van der Waals surface area contributed by atoms with E-state index in [1.54, 1.807) is 0 Å². The van der Waals surface area contributed by atoms with Crippen LogP contribution in [0.25, 0.3) is 0 Å². The van der Waals surface area contributed by atoms with Crippen molar-refractivity contribution in [3.63, 3.8) is 0 Å². The molecule has 86 valence electrons. The zero-order valence-electron chi connectivity index (χ0n) is 11.3. The van der Waals surface area contributed by atoms with Gasteiger partial charge in [-0.1, -0.05) is 20.8 Å². The monoisotopic (exact) mass is 200 g/mol. The molecule has 1 nitrogen and oxygen atoms in total. The van der Waals surface area contributed by atoms with E-state index >= 15 is 0 Å². The van der Waals surface area contributed by atoms with Gasteiger partial charge in [0.1, 0.15) is 0 Å². The van der Waals surface area contributed by atoms with Crippen LogP contribution in [0.5, 0.6) is 0 Å². The van der Waals surface area contributed by atoms with E-state index in [-0.39, 0.29) is 0 Å². The third-order valence-corrected chi connectivity index (χ3v) is 4.62. The molecule has 0 saturated heterocycles. The summed E-state index contributed by atoms with van der Waals surface area (Å²) in [7, 11) is 2.44. The molecule has 0 N–H and O–H groups in total. The maximum absolute atomic E-state index is 2.44. The van der Waals surface area contributed by atoms with E-state index in [0.717, 1.165) is 18.1 Å². The Labute approximate surface area is 91.1 Å². The van der Waals surface area contributed by atoms with E-state index in [1.165, 1.54) is 23.7 Å². The molecule has 0 heterocycles. The van der Waals surface area contributed by atoms with Crippen molar-refractivity contribution in [1.29, 1.82) is 0 Å². The Hall–Kier alpha value is -0.0400. The third kappa shape index (κ3) is 2.50. The molecule has 14 heavy (non-hydrogen) atoms. The topological polar surface area (TPSA) is 0 Å². The Morgan fingerprint density at radius 2 is 0.929 bits per heavy atom. The van der Waals surface area contributed by atoms with Crippen molar-refractivity contribution in [1.82, 2.24) is 0 Å². The quantitative estimate of drug-likeness (QED) is 0.572. The summed E-state index contributed by atoms with van der Waals surface area (Å²) in [5.74, 6) is 0. The van der Waals surface area contributed by atoms with Gasteiger partial charge in [0.25, 0.3) is 0 Å². The SMILES string of the molecule is CCC(C)[N+](C)(C(C)CC)C(C)CC. The zero-order chi connectivity index (χ0) is 11.4. The minimum Gasteiger partial charge on any atom is -0.319 e. The van der Waals surface area contributed by atoms with Crippen LogP contribution in [-0.2, 0) is 0 Å². The van der Waals surface area contributed by atoms with Gasteiger partial charge in [-0.3, -0.25) is 0 Å². The first-order valence-electron chi connectivity index (χ1n) is 6.30. The highest BCUT2D eigenvalue weighted by molar-refractivity contribution is 4.62. The first kappa shape index (κ1) is 14.0. The Kier molecular flexibility index (Phi) is 5.73. The lowest BCUT2D eigenvalue weighted by Gasteiger charge is -2.49. The van der Waals surface area contributed by atoms with Crippen LogP contribution in [0.3, 0.4) is 0 Å². The summed E-state index contributed by atoms with van der Waals surface area (Å²) in [4.78, 5) is 0. The summed E-state index contributed by atoms with van der Waals surface area (Å²) in [5, 5.41) is 0. The summed E-state index contributed by atoms with van der Waals surface area (Å²) in [6, 6.07) is 2.33. The van der Waals surface area contributed by atoms with E-state index in [4.69, 9.17) is 0 Å². The highest BCUT2D eigenvalue weighted by atomic mass is 15.4. The second-order valence-corrected chi connectivity index (χ2v) is 4.99. The van der Waals surface area contributed by atoms with Crippen molar-refractivity contribution in [2.45, 2.75) is 78.9 Å². The lowest BCUT2D eigenvalue weighted by atomic mass is 10.0. The van der Waals surface area contributed by atoms with Gasteiger partial charge in [0, 0.05) is 0 Å². The number of hydrogen-bond acceptors (Lipinski definition) is 0. The highest BCUT2D eigenvalue weighted by Crippen LogP contribution is 2.26. The maximum Gasteiger partial charge on any atom is 0.0861 e. The van der Waals surface area contributed by atoms with Gasteiger partial charge < -0.3 is 4.48 Å². The maximum atomic E-state index is 2.44. The molecule has 3 unspecified atom stereocenters. The van der Waals surface area contributed by atoms with E-state index in [0.29, 0.717) is 0 Å². The highest BCUT2D eigenvalue weighted by Gasteiger charge is 2.37. The summed E-state index contributed by atoms with van der Waals surface area (Å²) in [5.41, 5.74) is 0. The molecule has 0 amide bonds. The number of nitrogens with zero attached hydrogens (tertiary/aromatic N) is 1. The predicted molar refractivity (Wildman–Crippen MR) is 65.4 cm³/mol. The summed E-state index contributed by atoms with van der Waals surface area (Å²) in [6.45, 7) is 14.1. The molecule has 0 aliphatic rings. The molecule has 0 aromatic heterocycles. The van der Waals surface area contributed by atoms with Gasteiger partial charge in [-0.05, 0) is 40.0 Å². The van der Waals surface area contributed by atoms with E-state index in [1.807, 2.05) is 0 Å². The van der Waals surface area contributed by atoms with Crippen molar-refractivity contribution in [3.05, 3.63) is 0 Å². The van der Waals surface area contributed by atoms with Crippen LogP contribution in [0.4, 0.5) is 0 Å². The standard InChI is InChI=1S/C13H30N/c1-8-11(4)14(7,12(5)9-2)13(6)10-3/h11-13H,8-10H2,1-7H3/q+1. The summed E-state index contributed by atoms with van der Waals surface area (Å²) < 4.78 is 1.24. The van der Waals surface area contributed by atoms with Gasteiger partial charge in [-0.25, -0.2) is 0 Å². The first-order chi connectivity index (χ1) is 6.44. The van der Waals surface area contributed by atoms with Crippen molar-refractivity contribution in [3.8, 4) is 0 Å². The zero-order valence-corrected chi connectivity index (χ0v) is 11.3. The minimum absolute atomic E-state index is 0.778. The number of rotatable bonds is 6. The van der Waals surface area contributed by atoms with Crippen LogP contribution in [0, 0.1) is 0 Å². The lowest BCUT2D eigenvalue weighted by molar-refractivity contribution is -0.973. The lowest BCUT2D eigenvalue weighted by Crippen LogP contribution is -2.61. The van der Waals surface area contributed by atoms with E-state index in [2.05, 4.69) is 48.6 Å². The van der Waals surface area contributed by atoms with Gasteiger partial charge >= 0.3 is 0 Å². The molecule has 0 aliphatic heterocycles. The van der Waals surface area contributed by atoms with Gasteiger partial charge in [0.2, 0.25) is 0 Å². The molecule has 0 aliphatic carbocycles. The fraction of sp³-hybridized carbons (Fsp3) is 1.00. The van der Waals surface area contributed by atoms with Crippen LogP contribution in [-0.4, -0.2) is 29.7 Å². The van der Waals surface area contributed by atoms with Crippen molar-refractivity contribution in [2.24, 2.45) is 0 Å². The van der Waals surface area contributed by atoms with Crippen LogP contribution in [0.2, 0.25) is 0 Å². The molecular formula is C13H30N+. The van der Waals surface area contributed by atoms with Gasteiger partial charge in [-0.15, -0.1) is 0 Å². The van der Waals surface area contributed by atoms with Crippen LogP contribution < -0.4 is 0 Å². The first-order valence-corrected chi connectivity index (χ1v) is 6.30. The number of hydrogen-bond donors (Lipinski definition) is 0.